The standard InChI is InChI=1S/C25H32N2/c1-18(2)20-14-15-25-23(16-20)21(17-26-25)10-6-11-22-12-7-13-24(27-22)19-8-4-3-5-9-19/h7,12-19,26H,3-6,8-11H2,1-2H3. The Morgan fingerprint density at radius 3 is 2.70 bits per heavy atom. The van der Waals surface area contributed by atoms with Crippen LogP contribution in [0.3, 0.4) is 0 Å². The van der Waals surface area contributed by atoms with E-state index in [1.165, 1.54) is 65.5 Å². The average molecular weight is 361 g/mol. The second kappa shape index (κ2) is 8.29. The predicted molar refractivity (Wildman–Crippen MR) is 114 cm³/mol. The number of nitrogens with zero attached hydrogens (tertiary/aromatic N) is 1. The molecular weight excluding hydrogens is 328 g/mol. The van der Waals surface area contributed by atoms with Crippen molar-refractivity contribution in [1.29, 1.82) is 0 Å². The van der Waals surface area contributed by atoms with Crippen LogP contribution in [-0.4, -0.2) is 9.97 Å². The quantitative estimate of drug-likeness (QED) is 0.508. The minimum atomic E-state index is 0.573. The van der Waals surface area contributed by atoms with E-state index >= 15 is 0 Å². The fraction of sp³-hybridized carbons (Fsp3) is 0.480. The van der Waals surface area contributed by atoms with Crippen molar-refractivity contribution in [2.24, 2.45) is 0 Å². The minimum Gasteiger partial charge on any atom is -0.361 e. The van der Waals surface area contributed by atoms with E-state index in [0.717, 1.165) is 19.3 Å². The second-order valence-electron chi connectivity index (χ2n) is 8.52. The van der Waals surface area contributed by atoms with Crippen LogP contribution in [0.15, 0.2) is 42.6 Å². The molecular formula is C25H32N2. The molecule has 142 valence electrons. The van der Waals surface area contributed by atoms with Crippen LogP contribution >= 0.6 is 0 Å². The topological polar surface area (TPSA) is 28.7 Å². The summed E-state index contributed by atoms with van der Waals surface area (Å²) in [4.78, 5) is 8.45. The largest absolute Gasteiger partial charge is 0.361 e. The highest BCUT2D eigenvalue weighted by Gasteiger charge is 2.16. The normalized spacial score (nSPS) is 15.7. The van der Waals surface area contributed by atoms with Crippen molar-refractivity contribution in [3.63, 3.8) is 0 Å². The fourth-order valence-electron chi connectivity index (χ4n) is 4.49. The van der Waals surface area contributed by atoms with Gasteiger partial charge in [-0.25, -0.2) is 0 Å². The molecule has 2 aromatic heterocycles. The number of H-pyrrole nitrogens is 1. The summed E-state index contributed by atoms with van der Waals surface area (Å²) in [6.45, 7) is 4.52. The maximum atomic E-state index is 5.01. The highest BCUT2D eigenvalue weighted by atomic mass is 14.7. The SMILES string of the molecule is CC(C)c1ccc2[nH]cc(CCCc3cccc(C4CCCCC4)n3)c2c1. The summed E-state index contributed by atoms with van der Waals surface area (Å²) in [5, 5.41) is 1.39. The van der Waals surface area contributed by atoms with Gasteiger partial charge in [-0.1, -0.05) is 45.2 Å². The Labute approximate surface area is 163 Å². The Morgan fingerprint density at radius 1 is 1.04 bits per heavy atom. The van der Waals surface area contributed by atoms with Crippen molar-refractivity contribution in [3.8, 4) is 0 Å². The minimum absolute atomic E-state index is 0.573. The van der Waals surface area contributed by atoms with Gasteiger partial charge < -0.3 is 4.98 Å². The Balaban J connectivity index is 1.41. The van der Waals surface area contributed by atoms with Crippen molar-refractivity contribution >= 4 is 10.9 Å². The number of aryl methyl sites for hydroxylation is 2. The lowest BCUT2D eigenvalue weighted by atomic mass is 9.86. The van der Waals surface area contributed by atoms with Crippen LogP contribution in [0.25, 0.3) is 10.9 Å². The first-order valence-corrected chi connectivity index (χ1v) is 10.8. The third-order valence-electron chi connectivity index (χ3n) is 6.19. The monoisotopic (exact) mass is 360 g/mol. The summed E-state index contributed by atoms with van der Waals surface area (Å²) in [7, 11) is 0. The molecule has 1 aliphatic carbocycles. The number of hydrogen-bond acceptors (Lipinski definition) is 1. The summed E-state index contributed by atoms with van der Waals surface area (Å²) >= 11 is 0. The maximum Gasteiger partial charge on any atom is 0.0456 e. The molecule has 0 bridgehead atoms. The molecule has 0 saturated heterocycles. The zero-order chi connectivity index (χ0) is 18.6. The van der Waals surface area contributed by atoms with Crippen LogP contribution in [0.5, 0.6) is 0 Å². The summed E-state index contributed by atoms with van der Waals surface area (Å²) in [6.07, 6.45) is 12.3. The number of aromatic nitrogens is 2. The highest BCUT2D eigenvalue weighted by molar-refractivity contribution is 5.84. The molecule has 2 nitrogen and oxygen atoms in total. The van der Waals surface area contributed by atoms with Crippen LogP contribution in [0, 0.1) is 0 Å². The van der Waals surface area contributed by atoms with E-state index in [9.17, 15) is 0 Å². The Bertz CT molecular complexity index is 884. The Hall–Kier alpha value is -2.09. The zero-order valence-corrected chi connectivity index (χ0v) is 16.8. The van der Waals surface area contributed by atoms with E-state index < -0.39 is 0 Å². The first-order valence-electron chi connectivity index (χ1n) is 10.8. The molecule has 0 radical (unpaired) electrons. The first kappa shape index (κ1) is 18.3. The molecule has 0 atom stereocenters. The molecule has 1 aliphatic rings. The van der Waals surface area contributed by atoms with Crippen molar-refractivity contribution in [3.05, 3.63) is 65.1 Å². The van der Waals surface area contributed by atoms with E-state index in [4.69, 9.17) is 4.98 Å². The fourth-order valence-corrected chi connectivity index (χ4v) is 4.49. The Kier molecular flexibility index (Phi) is 5.61. The number of benzene rings is 1. The maximum absolute atomic E-state index is 5.01. The van der Waals surface area contributed by atoms with Gasteiger partial charge in [-0.05, 0) is 73.4 Å². The molecule has 1 aromatic carbocycles. The average Bonchev–Trinajstić information content (AvgIpc) is 3.11. The number of nitrogens with one attached hydrogen (secondary N) is 1. The lowest BCUT2D eigenvalue weighted by molar-refractivity contribution is 0.436. The third kappa shape index (κ3) is 4.26. The van der Waals surface area contributed by atoms with Gasteiger partial charge in [0, 0.05) is 34.4 Å². The van der Waals surface area contributed by atoms with Gasteiger partial charge in [0.15, 0.2) is 0 Å². The molecule has 0 unspecified atom stereocenters. The molecule has 1 saturated carbocycles. The van der Waals surface area contributed by atoms with E-state index in [-0.39, 0.29) is 0 Å². The predicted octanol–water partition coefficient (Wildman–Crippen LogP) is 6.91. The molecule has 1 N–H and O–H groups in total. The van der Waals surface area contributed by atoms with E-state index in [0.29, 0.717) is 11.8 Å². The lowest BCUT2D eigenvalue weighted by Crippen LogP contribution is -2.07. The molecule has 0 spiro atoms. The Morgan fingerprint density at radius 2 is 1.89 bits per heavy atom. The number of hydrogen-bond donors (Lipinski definition) is 1. The van der Waals surface area contributed by atoms with Crippen LogP contribution in [0.4, 0.5) is 0 Å². The molecule has 27 heavy (non-hydrogen) atoms. The van der Waals surface area contributed by atoms with E-state index in [1.54, 1.807) is 0 Å². The molecule has 3 aromatic rings. The van der Waals surface area contributed by atoms with Gasteiger partial charge in [-0.2, -0.15) is 0 Å². The van der Waals surface area contributed by atoms with Crippen molar-refractivity contribution < 1.29 is 0 Å². The van der Waals surface area contributed by atoms with Gasteiger partial charge in [0.2, 0.25) is 0 Å². The van der Waals surface area contributed by atoms with Gasteiger partial charge in [-0.3, -0.25) is 4.98 Å². The van der Waals surface area contributed by atoms with Crippen molar-refractivity contribution in [2.75, 3.05) is 0 Å². The number of fused-ring (bicyclic) bond motifs is 1. The summed E-state index contributed by atoms with van der Waals surface area (Å²) in [5.41, 5.74) is 6.72. The van der Waals surface area contributed by atoms with E-state index in [1.807, 2.05) is 0 Å². The van der Waals surface area contributed by atoms with Crippen LogP contribution in [-0.2, 0) is 12.8 Å². The molecule has 1 fully saturated rings. The van der Waals surface area contributed by atoms with Gasteiger partial charge in [0.25, 0.3) is 0 Å². The van der Waals surface area contributed by atoms with Gasteiger partial charge in [0.1, 0.15) is 0 Å². The second-order valence-corrected chi connectivity index (χ2v) is 8.52. The van der Waals surface area contributed by atoms with Crippen molar-refractivity contribution in [2.45, 2.75) is 77.0 Å². The lowest BCUT2D eigenvalue weighted by Gasteiger charge is -2.21. The number of pyridine rings is 1. The molecule has 4 rings (SSSR count). The van der Waals surface area contributed by atoms with Crippen LogP contribution in [0.1, 0.15) is 86.7 Å². The van der Waals surface area contributed by atoms with Crippen LogP contribution < -0.4 is 0 Å². The molecule has 0 aliphatic heterocycles. The molecule has 2 heterocycles. The number of rotatable bonds is 6. The highest BCUT2D eigenvalue weighted by Crippen LogP contribution is 2.31. The summed E-state index contributed by atoms with van der Waals surface area (Å²) in [5.74, 6) is 1.27. The summed E-state index contributed by atoms with van der Waals surface area (Å²) < 4.78 is 0. The first-order chi connectivity index (χ1) is 13.2. The molecule has 0 amide bonds. The third-order valence-corrected chi connectivity index (χ3v) is 6.19. The van der Waals surface area contributed by atoms with Crippen molar-refractivity contribution in [1.82, 2.24) is 9.97 Å². The summed E-state index contributed by atoms with van der Waals surface area (Å²) in [6, 6.07) is 13.5. The van der Waals surface area contributed by atoms with Crippen LogP contribution in [0.2, 0.25) is 0 Å². The number of aromatic amines is 1. The van der Waals surface area contributed by atoms with Gasteiger partial charge in [-0.15, -0.1) is 0 Å². The van der Waals surface area contributed by atoms with Gasteiger partial charge >= 0.3 is 0 Å². The molecule has 2 heteroatoms. The van der Waals surface area contributed by atoms with Gasteiger partial charge in [0.05, 0.1) is 0 Å². The zero-order valence-electron chi connectivity index (χ0n) is 16.8. The smallest absolute Gasteiger partial charge is 0.0456 e. The van der Waals surface area contributed by atoms with E-state index in [2.05, 4.69) is 61.4 Å².